The summed E-state index contributed by atoms with van der Waals surface area (Å²) < 4.78 is 0. The van der Waals surface area contributed by atoms with E-state index in [1.807, 2.05) is 0 Å². The second-order valence-corrected chi connectivity index (χ2v) is 7.69. The van der Waals surface area contributed by atoms with Gasteiger partial charge in [0.05, 0.1) is 5.69 Å². The minimum absolute atomic E-state index is 0.466. The van der Waals surface area contributed by atoms with E-state index in [0.717, 1.165) is 19.1 Å². The highest BCUT2D eigenvalue weighted by Crippen LogP contribution is 2.32. The molecule has 1 saturated heterocycles. The van der Waals surface area contributed by atoms with Crippen molar-refractivity contribution in [2.24, 2.45) is 5.73 Å². The Hall–Kier alpha value is -0.650. The van der Waals surface area contributed by atoms with Gasteiger partial charge in [0.1, 0.15) is 0 Å². The standard InChI is InChI=1S/C16H28N4S/c1-12(2)15-14(11-17)21-16(18-15)20-9-7-19(8-10-20)13-5-3-4-6-13/h12-13H,3-11,17H2,1-2H3. The first-order valence-corrected chi connectivity index (χ1v) is 9.19. The van der Waals surface area contributed by atoms with Gasteiger partial charge in [-0.05, 0) is 18.8 Å². The summed E-state index contributed by atoms with van der Waals surface area (Å²) in [6.07, 6.45) is 5.67. The molecule has 118 valence electrons. The zero-order chi connectivity index (χ0) is 14.8. The minimum atomic E-state index is 0.466. The van der Waals surface area contributed by atoms with Crippen molar-refractivity contribution in [1.29, 1.82) is 0 Å². The summed E-state index contributed by atoms with van der Waals surface area (Å²) in [5.74, 6) is 0.466. The Kier molecular flexibility index (Phi) is 4.82. The normalized spacial score (nSPS) is 21.6. The Morgan fingerprint density at radius 3 is 2.38 bits per heavy atom. The molecular weight excluding hydrogens is 280 g/mol. The SMILES string of the molecule is CC(C)c1nc(N2CCN(C3CCCC3)CC2)sc1CN. The van der Waals surface area contributed by atoms with Crippen LogP contribution in [0.25, 0.3) is 0 Å². The molecule has 0 unspecified atom stereocenters. The van der Waals surface area contributed by atoms with Crippen LogP contribution in [-0.4, -0.2) is 42.1 Å². The van der Waals surface area contributed by atoms with Gasteiger partial charge >= 0.3 is 0 Å². The zero-order valence-corrected chi connectivity index (χ0v) is 14.2. The summed E-state index contributed by atoms with van der Waals surface area (Å²) in [5, 5.41) is 1.19. The van der Waals surface area contributed by atoms with E-state index < -0.39 is 0 Å². The van der Waals surface area contributed by atoms with E-state index in [-0.39, 0.29) is 0 Å². The lowest BCUT2D eigenvalue weighted by Crippen LogP contribution is -2.49. The van der Waals surface area contributed by atoms with E-state index in [1.54, 1.807) is 11.3 Å². The Bertz CT molecular complexity index is 457. The van der Waals surface area contributed by atoms with Crippen molar-refractivity contribution < 1.29 is 0 Å². The van der Waals surface area contributed by atoms with E-state index >= 15 is 0 Å². The van der Waals surface area contributed by atoms with Gasteiger partial charge in [-0.3, -0.25) is 4.90 Å². The number of anilines is 1. The summed E-state index contributed by atoms with van der Waals surface area (Å²) in [4.78, 5) is 11.3. The first-order valence-electron chi connectivity index (χ1n) is 8.37. The van der Waals surface area contributed by atoms with Gasteiger partial charge in [0.2, 0.25) is 0 Å². The average molecular weight is 308 g/mol. The maximum Gasteiger partial charge on any atom is 0.185 e. The molecule has 1 aliphatic heterocycles. The van der Waals surface area contributed by atoms with Crippen molar-refractivity contribution in [3.8, 4) is 0 Å². The molecule has 0 bridgehead atoms. The summed E-state index contributed by atoms with van der Waals surface area (Å²) in [6.45, 7) is 9.65. The Balaban J connectivity index is 1.63. The molecule has 1 aromatic rings. The van der Waals surface area contributed by atoms with E-state index in [9.17, 15) is 0 Å². The predicted molar refractivity (Wildman–Crippen MR) is 90.1 cm³/mol. The van der Waals surface area contributed by atoms with Crippen LogP contribution in [0.3, 0.4) is 0 Å². The van der Waals surface area contributed by atoms with Crippen molar-refractivity contribution in [3.05, 3.63) is 10.6 Å². The molecule has 0 spiro atoms. The van der Waals surface area contributed by atoms with Gasteiger partial charge in [0, 0.05) is 43.6 Å². The first-order chi connectivity index (χ1) is 10.2. The summed E-state index contributed by atoms with van der Waals surface area (Å²) in [7, 11) is 0. The van der Waals surface area contributed by atoms with E-state index in [0.29, 0.717) is 12.5 Å². The molecule has 1 saturated carbocycles. The molecule has 0 aromatic carbocycles. The zero-order valence-electron chi connectivity index (χ0n) is 13.3. The Morgan fingerprint density at radius 2 is 1.86 bits per heavy atom. The van der Waals surface area contributed by atoms with Crippen LogP contribution in [-0.2, 0) is 6.54 Å². The molecule has 0 radical (unpaired) electrons. The van der Waals surface area contributed by atoms with Crippen molar-refractivity contribution in [2.45, 2.75) is 58.0 Å². The van der Waals surface area contributed by atoms with Gasteiger partial charge < -0.3 is 10.6 Å². The summed E-state index contributed by atoms with van der Waals surface area (Å²) >= 11 is 1.80. The second kappa shape index (κ2) is 6.63. The fourth-order valence-corrected chi connectivity index (χ4v) is 4.78. The third-order valence-electron chi connectivity index (χ3n) is 4.87. The van der Waals surface area contributed by atoms with E-state index in [2.05, 4.69) is 23.6 Å². The van der Waals surface area contributed by atoms with Crippen molar-refractivity contribution in [3.63, 3.8) is 0 Å². The molecule has 1 aromatic heterocycles. The van der Waals surface area contributed by atoms with Crippen LogP contribution < -0.4 is 10.6 Å². The van der Waals surface area contributed by atoms with Crippen LogP contribution in [0.1, 0.15) is 56.0 Å². The van der Waals surface area contributed by atoms with Gasteiger partial charge in [-0.25, -0.2) is 4.98 Å². The number of piperazine rings is 1. The fourth-order valence-electron chi connectivity index (χ4n) is 3.63. The molecular formula is C16H28N4S. The molecule has 5 heteroatoms. The lowest BCUT2D eigenvalue weighted by atomic mass is 10.1. The number of rotatable bonds is 4. The molecule has 2 N–H and O–H groups in total. The molecule has 4 nitrogen and oxygen atoms in total. The Labute approximate surface area is 132 Å². The van der Waals surface area contributed by atoms with Gasteiger partial charge in [-0.1, -0.05) is 26.7 Å². The van der Waals surface area contributed by atoms with Crippen LogP contribution >= 0.6 is 11.3 Å². The third kappa shape index (κ3) is 3.25. The average Bonchev–Trinajstić information content (AvgIpc) is 3.17. The number of nitrogens with two attached hydrogens (primary N) is 1. The maximum absolute atomic E-state index is 5.88. The Morgan fingerprint density at radius 1 is 1.19 bits per heavy atom. The van der Waals surface area contributed by atoms with Crippen LogP contribution in [0.2, 0.25) is 0 Å². The van der Waals surface area contributed by atoms with Gasteiger partial charge in [-0.15, -0.1) is 11.3 Å². The van der Waals surface area contributed by atoms with Crippen LogP contribution in [0.4, 0.5) is 5.13 Å². The first kappa shape index (κ1) is 15.3. The van der Waals surface area contributed by atoms with Crippen LogP contribution in [0.15, 0.2) is 0 Å². The minimum Gasteiger partial charge on any atom is -0.346 e. The fraction of sp³-hybridized carbons (Fsp3) is 0.812. The third-order valence-corrected chi connectivity index (χ3v) is 6.03. The molecule has 3 rings (SSSR count). The maximum atomic E-state index is 5.88. The number of hydrogen-bond acceptors (Lipinski definition) is 5. The van der Waals surface area contributed by atoms with Crippen LogP contribution in [0, 0.1) is 0 Å². The van der Waals surface area contributed by atoms with Gasteiger partial charge in [0.25, 0.3) is 0 Å². The highest BCUT2D eigenvalue weighted by Gasteiger charge is 2.27. The predicted octanol–water partition coefficient (Wildman–Crippen LogP) is 2.79. The lowest BCUT2D eigenvalue weighted by Gasteiger charge is -2.38. The van der Waals surface area contributed by atoms with Crippen LogP contribution in [0.5, 0.6) is 0 Å². The number of aromatic nitrogens is 1. The number of nitrogens with zero attached hydrogens (tertiary/aromatic N) is 3. The monoisotopic (exact) mass is 308 g/mol. The molecule has 0 amide bonds. The summed E-state index contributed by atoms with van der Waals surface area (Å²) in [5.41, 5.74) is 7.08. The molecule has 2 aliphatic rings. The van der Waals surface area contributed by atoms with Gasteiger partial charge in [-0.2, -0.15) is 0 Å². The highest BCUT2D eigenvalue weighted by atomic mass is 32.1. The van der Waals surface area contributed by atoms with E-state index in [1.165, 1.54) is 54.5 Å². The molecule has 2 heterocycles. The van der Waals surface area contributed by atoms with Crippen molar-refractivity contribution in [2.75, 3.05) is 31.1 Å². The topological polar surface area (TPSA) is 45.4 Å². The molecule has 1 aliphatic carbocycles. The van der Waals surface area contributed by atoms with Crippen molar-refractivity contribution in [1.82, 2.24) is 9.88 Å². The second-order valence-electron chi connectivity index (χ2n) is 6.62. The number of thiazole rings is 1. The lowest BCUT2D eigenvalue weighted by molar-refractivity contribution is 0.187. The molecule has 0 atom stereocenters. The van der Waals surface area contributed by atoms with Gasteiger partial charge in [0.15, 0.2) is 5.13 Å². The quantitative estimate of drug-likeness (QED) is 0.929. The van der Waals surface area contributed by atoms with Crippen molar-refractivity contribution >= 4 is 16.5 Å². The molecule has 2 fully saturated rings. The summed E-state index contributed by atoms with van der Waals surface area (Å²) in [6, 6.07) is 0.856. The van der Waals surface area contributed by atoms with E-state index in [4.69, 9.17) is 10.7 Å². The number of hydrogen-bond donors (Lipinski definition) is 1. The molecule has 21 heavy (non-hydrogen) atoms. The highest BCUT2D eigenvalue weighted by molar-refractivity contribution is 7.15. The largest absolute Gasteiger partial charge is 0.346 e. The smallest absolute Gasteiger partial charge is 0.185 e.